The molecule has 110 valence electrons. The first-order valence-electron chi connectivity index (χ1n) is 7.45. The van der Waals surface area contributed by atoms with Crippen molar-refractivity contribution in [2.45, 2.75) is 19.4 Å². The lowest BCUT2D eigenvalue weighted by Crippen LogP contribution is -2.57. The summed E-state index contributed by atoms with van der Waals surface area (Å²) in [6.45, 7) is 7.73. The summed E-state index contributed by atoms with van der Waals surface area (Å²) >= 11 is 0. The molecule has 0 aliphatic carbocycles. The Kier molecular flexibility index (Phi) is 3.74. The van der Waals surface area contributed by atoms with Crippen molar-refractivity contribution in [2.75, 3.05) is 26.2 Å². The number of pyridine rings is 1. The van der Waals surface area contributed by atoms with Gasteiger partial charge in [0.05, 0.1) is 11.1 Å². The van der Waals surface area contributed by atoms with Crippen molar-refractivity contribution in [1.82, 2.24) is 15.2 Å². The Morgan fingerprint density at radius 1 is 1.19 bits per heavy atom. The van der Waals surface area contributed by atoms with Crippen molar-refractivity contribution >= 4 is 16.7 Å². The van der Waals surface area contributed by atoms with Crippen LogP contribution in [0.3, 0.4) is 0 Å². The van der Waals surface area contributed by atoms with Crippen LogP contribution in [0, 0.1) is 0 Å². The number of rotatable bonds is 3. The molecule has 4 heteroatoms. The third-order valence-corrected chi connectivity index (χ3v) is 4.35. The minimum absolute atomic E-state index is 0.169. The van der Waals surface area contributed by atoms with Crippen LogP contribution in [0.25, 0.3) is 10.9 Å². The monoisotopic (exact) mass is 283 g/mol. The number of benzene rings is 1. The number of hydrogen-bond acceptors (Lipinski definition) is 4. The predicted molar refractivity (Wildman–Crippen MR) is 84.6 cm³/mol. The zero-order valence-corrected chi connectivity index (χ0v) is 12.6. The van der Waals surface area contributed by atoms with E-state index in [-0.39, 0.29) is 5.78 Å². The van der Waals surface area contributed by atoms with Crippen molar-refractivity contribution in [2.24, 2.45) is 0 Å². The third-order valence-electron chi connectivity index (χ3n) is 4.35. The van der Waals surface area contributed by atoms with Crippen LogP contribution >= 0.6 is 0 Å². The number of nitrogens with zero attached hydrogens (tertiary/aromatic N) is 2. The molecule has 2 aromatic rings. The van der Waals surface area contributed by atoms with E-state index in [9.17, 15) is 4.79 Å². The van der Waals surface area contributed by atoms with Crippen LogP contribution in [0.1, 0.15) is 24.2 Å². The van der Waals surface area contributed by atoms with Crippen molar-refractivity contribution in [1.29, 1.82) is 0 Å². The quantitative estimate of drug-likeness (QED) is 0.876. The topological polar surface area (TPSA) is 45.2 Å². The largest absolute Gasteiger partial charge is 0.314 e. The van der Waals surface area contributed by atoms with Gasteiger partial charge in [0.2, 0.25) is 0 Å². The molecule has 1 fully saturated rings. The van der Waals surface area contributed by atoms with Crippen LogP contribution in [0.4, 0.5) is 0 Å². The fourth-order valence-electron chi connectivity index (χ4n) is 3.00. The van der Waals surface area contributed by atoms with Gasteiger partial charge in [-0.15, -0.1) is 0 Å². The van der Waals surface area contributed by atoms with Crippen LogP contribution in [0.15, 0.2) is 36.5 Å². The molecule has 0 radical (unpaired) electrons. The molecule has 1 aromatic heterocycles. The van der Waals surface area contributed by atoms with Gasteiger partial charge >= 0.3 is 0 Å². The average Bonchev–Trinajstić information content (AvgIpc) is 2.54. The van der Waals surface area contributed by atoms with E-state index in [1.807, 2.05) is 44.2 Å². The van der Waals surface area contributed by atoms with Crippen LogP contribution in [0.5, 0.6) is 0 Å². The van der Waals surface area contributed by atoms with Crippen LogP contribution < -0.4 is 5.32 Å². The maximum absolute atomic E-state index is 13.1. The molecular weight excluding hydrogens is 262 g/mol. The second-order valence-corrected chi connectivity index (χ2v) is 6.00. The zero-order chi connectivity index (χ0) is 14.9. The van der Waals surface area contributed by atoms with Gasteiger partial charge in [0.15, 0.2) is 5.78 Å². The summed E-state index contributed by atoms with van der Waals surface area (Å²) in [6.07, 6.45) is 1.76. The standard InChI is InChI=1S/C17H21N3O/c1-17(2,20-11-9-18-10-12-20)16(21)14-5-3-7-15-13(14)6-4-8-19-15/h3-8,18H,9-12H2,1-2H3. The molecule has 1 saturated heterocycles. The third kappa shape index (κ3) is 2.57. The van der Waals surface area contributed by atoms with Crippen molar-refractivity contribution in [3.05, 3.63) is 42.1 Å². The van der Waals surface area contributed by atoms with Gasteiger partial charge < -0.3 is 5.32 Å². The average molecular weight is 283 g/mol. The van der Waals surface area contributed by atoms with Crippen molar-refractivity contribution in [3.63, 3.8) is 0 Å². The number of carbonyl (C=O) groups excluding carboxylic acids is 1. The molecular formula is C17H21N3O. The van der Waals surface area contributed by atoms with E-state index in [1.54, 1.807) is 6.20 Å². The molecule has 0 unspecified atom stereocenters. The smallest absolute Gasteiger partial charge is 0.183 e. The van der Waals surface area contributed by atoms with E-state index in [1.165, 1.54) is 0 Å². The summed E-state index contributed by atoms with van der Waals surface area (Å²) in [6, 6.07) is 9.64. The number of carbonyl (C=O) groups is 1. The normalized spacial score (nSPS) is 17.0. The Balaban J connectivity index is 1.99. The summed E-state index contributed by atoms with van der Waals surface area (Å²) in [4.78, 5) is 19.7. The first-order chi connectivity index (χ1) is 10.1. The molecule has 2 heterocycles. The SMILES string of the molecule is CC(C)(C(=O)c1cccc2ncccc12)N1CCNCC1. The van der Waals surface area contributed by atoms with Crippen LogP contribution in [0.2, 0.25) is 0 Å². The Hall–Kier alpha value is -1.78. The predicted octanol–water partition coefficient (Wildman–Crippen LogP) is 2.10. The van der Waals surface area contributed by atoms with E-state index >= 15 is 0 Å². The molecule has 3 rings (SSSR count). The van der Waals surface area contributed by atoms with Gasteiger partial charge in [-0.3, -0.25) is 14.7 Å². The molecule has 0 atom stereocenters. The zero-order valence-electron chi connectivity index (χ0n) is 12.6. The minimum atomic E-state index is -0.494. The molecule has 1 aliphatic heterocycles. The second-order valence-electron chi connectivity index (χ2n) is 6.00. The summed E-state index contributed by atoms with van der Waals surface area (Å²) in [5, 5.41) is 4.27. The van der Waals surface area contributed by atoms with Gasteiger partial charge in [0.1, 0.15) is 0 Å². The summed E-state index contributed by atoms with van der Waals surface area (Å²) in [5.41, 5.74) is 1.15. The summed E-state index contributed by atoms with van der Waals surface area (Å²) in [7, 11) is 0. The lowest BCUT2D eigenvalue weighted by molar-refractivity contribution is 0.0604. The number of nitrogens with one attached hydrogen (secondary N) is 1. The van der Waals surface area contributed by atoms with E-state index in [4.69, 9.17) is 0 Å². The molecule has 1 aliphatic rings. The Morgan fingerprint density at radius 2 is 1.95 bits per heavy atom. The highest BCUT2D eigenvalue weighted by molar-refractivity contribution is 6.11. The van der Waals surface area contributed by atoms with Gasteiger partial charge in [-0.05, 0) is 26.0 Å². The maximum atomic E-state index is 13.1. The summed E-state index contributed by atoms with van der Waals surface area (Å²) < 4.78 is 0. The molecule has 0 bridgehead atoms. The maximum Gasteiger partial charge on any atom is 0.183 e. The second kappa shape index (κ2) is 5.54. The molecule has 0 spiro atoms. The first kappa shape index (κ1) is 14.2. The number of aromatic nitrogens is 1. The summed E-state index contributed by atoms with van der Waals surface area (Å²) in [5.74, 6) is 0.169. The molecule has 4 nitrogen and oxygen atoms in total. The number of fused-ring (bicyclic) bond motifs is 1. The van der Waals surface area contributed by atoms with Crippen LogP contribution in [-0.2, 0) is 0 Å². The molecule has 1 N–H and O–H groups in total. The lowest BCUT2D eigenvalue weighted by Gasteiger charge is -2.40. The van der Waals surface area contributed by atoms with E-state index in [2.05, 4.69) is 15.2 Å². The minimum Gasteiger partial charge on any atom is -0.314 e. The Morgan fingerprint density at radius 3 is 2.71 bits per heavy atom. The van der Waals surface area contributed by atoms with E-state index < -0.39 is 5.54 Å². The number of piperazine rings is 1. The van der Waals surface area contributed by atoms with Crippen molar-refractivity contribution in [3.8, 4) is 0 Å². The van der Waals surface area contributed by atoms with Gasteiger partial charge in [-0.2, -0.15) is 0 Å². The highest BCUT2D eigenvalue weighted by Crippen LogP contribution is 2.25. The van der Waals surface area contributed by atoms with Gasteiger partial charge in [0, 0.05) is 43.3 Å². The highest BCUT2D eigenvalue weighted by atomic mass is 16.1. The lowest BCUT2D eigenvalue weighted by atomic mass is 9.89. The van der Waals surface area contributed by atoms with Gasteiger partial charge in [-0.1, -0.05) is 18.2 Å². The Bertz CT molecular complexity index is 655. The van der Waals surface area contributed by atoms with Gasteiger partial charge in [0.25, 0.3) is 0 Å². The van der Waals surface area contributed by atoms with Crippen LogP contribution in [-0.4, -0.2) is 47.4 Å². The number of hydrogen-bond donors (Lipinski definition) is 1. The number of ketones is 1. The fraction of sp³-hybridized carbons (Fsp3) is 0.412. The highest BCUT2D eigenvalue weighted by Gasteiger charge is 2.36. The van der Waals surface area contributed by atoms with E-state index in [0.717, 1.165) is 42.6 Å². The first-order valence-corrected chi connectivity index (χ1v) is 7.45. The number of Topliss-reactive ketones (excluding diaryl/α,β-unsaturated/α-hetero) is 1. The molecule has 0 amide bonds. The van der Waals surface area contributed by atoms with Gasteiger partial charge in [-0.25, -0.2) is 0 Å². The Labute approximate surface area is 125 Å². The fourth-order valence-corrected chi connectivity index (χ4v) is 3.00. The van der Waals surface area contributed by atoms with Crippen molar-refractivity contribution < 1.29 is 4.79 Å². The van der Waals surface area contributed by atoms with E-state index in [0.29, 0.717) is 0 Å². The molecule has 0 saturated carbocycles. The molecule has 21 heavy (non-hydrogen) atoms. The molecule has 1 aromatic carbocycles.